The number of hydrogen-bond donors (Lipinski definition) is 1. The summed E-state index contributed by atoms with van der Waals surface area (Å²) in [5, 5.41) is 2.85. The van der Waals surface area contributed by atoms with Gasteiger partial charge in [-0.1, -0.05) is 72.8 Å². The van der Waals surface area contributed by atoms with Gasteiger partial charge in [0.1, 0.15) is 0 Å². The molecule has 0 aromatic heterocycles. The first-order valence-electron chi connectivity index (χ1n) is 11.2. The number of benzene rings is 3. The maximum atomic E-state index is 12.9. The summed E-state index contributed by atoms with van der Waals surface area (Å²) in [4.78, 5) is 17.4. The van der Waals surface area contributed by atoms with Crippen LogP contribution in [0.5, 0.6) is 0 Å². The number of piperidine rings is 1. The van der Waals surface area contributed by atoms with Gasteiger partial charge >= 0.3 is 6.03 Å². The minimum Gasteiger partial charge on any atom is -0.341 e. The molecule has 2 aliphatic rings. The van der Waals surface area contributed by atoms with E-state index in [9.17, 15) is 4.79 Å². The van der Waals surface area contributed by atoms with E-state index in [2.05, 4.69) is 64.8 Å². The first kappa shape index (κ1) is 19.8. The second-order valence-electron chi connectivity index (χ2n) is 8.54. The number of nitrogens with one attached hydrogen (secondary N) is 1. The zero-order valence-electron chi connectivity index (χ0n) is 17.9. The highest BCUT2D eigenvalue weighted by atomic mass is 16.2. The van der Waals surface area contributed by atoms with Crippen molar-refractivity contribution in [3.8, 4) is 0 Å². The van der Waals surface area contributed by atoms with Crippen molar-refractivity contribution in [2.45, 2.75) is 30.8 Å². The smallest absolute Gasteiger partial charge is 0.321 e. The minimum absolute atomic E-state index is 0.0316. The number of fused-ring (bicyclic) bond motifs is 3. The van der Waals surface area contributed by atoms with E-state index >= 15 is 0 Å². The fourth-order valence-electron chi connectivity index (χ4n) is 5.41. The average molecular weight is 412 g/mol. The van der Waals surface area contributed by atoms with Crippen LogP contribution in [0, 0.1) is 0 Å². The summed E-state index contributed by atoms with van der Waals surface area (Å²) in [5.41, 5.74) is 5.19. The number of carbonyl (C=O) groups excluding carboxylic acids is 1. The van der Waals surface area contributed by atoms with E-state index in [1.165, 1.54) is 16.7 Å². The lowest BCUT2D eigenvalue weighted by molar-refractivity contribution is 0.117. The number of urea groups is 1. The van der Waals surface area contributed by atoms with E-state index in [1.807, 2.05) is 35.2 Å². The van der Waals surface area contributed by atoms with Gasteiger partial charge in [0.15, 0.2) is 0 Å². The van der Waals surface area contributed by atoms with E-state index in [0.29, 0.717) is 12.0 Å². The molecule has 0 radical (unpaired) electrons. The molecule has 2 heterocycles. The SMILES string of the molecule is CNC(=O)N(c1ccccc1)[C@@H]1CCN2C[C@H](c3ccccc3)c3ccccc3[C@H]2C1. The van der Waals surface area contributed by atoms with Crippen molar-refractivity contribution in [3.05, 3.63) is 102 Å². The zero-order chi connectivity index (χ0) is 21.2. The Morgan fingerprint density at radius 3 is 2.26 bits per heavy atom. The monoisotopic (exact) mass is 411 g/mol. The summed E-state index contributed by atoms with van der Waals surface area (Å²) in [6.07, 6.45) is 1.92. The van der Waals surface area contributed by atoms with Crippen molar-refractivity contribution in [2.24, 2.45) is 0 Å². The second kappa shape index (κ2) is 8.56. The third-order valence-corrected chi connectivity index (χ3v) is 6.87. The number of hydrogen-bond acceptors (Lipinski definition) is 2. The number of nitrogens with zero attached hydrogens (tertiary/aromatic N) is 2. The van der Waals surface area contributed by atoms with Crippen LogP contribution in [-0.2, 0) is 0 Å². The van der Waals surface area contributed by atoms with Crippen LogP contribution in [0.1, 0.15) is 41.5 Å². The predicted molar refractivity (Wildman–Crippen MR) is 125 cm³/mol. The Morgan fingerprint density at radius 1 is 0.903 bits per heavy atom. The van der Waals surface area contributed by atoms with Crippen LogP contribution < -0.4 is 10.2 Å². The molecular formula is C27H29N3O. The first-order valence-corrected chi connectivity index (χ1v) is 11.2. The molecule has 3 aromatic rings. The van der Waals surface area contributed by atoms with Crippen molar-refractivity contribution in [3.63, 3.8) is 0 Å². The van der Waals surface area contributed by atoms with Crippen molar-refractivity contribution in [2.75, 3.05) is 25.0 Å². The lowest BCUT2D eigenvalue weighted by atomic mass is 9.77. The van der Waals surface area contributed by atoms with Gasteiger partial charge in [0, 0.05) is 43.8 Å². The molecule has 1 saturated heterocycles. The normalized spacial score (nSPS) is 22.8. The summed E-state index contributed by atoms with van der Waals surface area (Å²) < 4.78 is 0. The van der Waals surface area contributed by atoms with Crippen LogP contribution in [0.3, 0.4) is 0 Å². The van der Waals surface area contributed by atoms with Gasteiger partial charge in [-0.25, -0.2) is 4.79 Å². The molecular weight excluding hydrogens is 382 g/mol. The summed E-state index contributed by atoms with van der Waals surface area (Å²) in [7, 11) is 1.72. The zero-order valence-corrected chi connectivity index (χ0v) is 17.9. The fraction of sp³-hybridized carbons (Fsp3) is 0.296. The molecule has 0 saturated carbocycles. The molecule has 2 aliphatic heterocycles. The van der Waals surface area contributed by atoms with Gasteiger partial charge in [0.05, 0.1) is 0 Å². The van der Waals surface area contributed by atoms with E-state index in [-0.39, 0.29) is 12.1 Å². The molecule has 1 fully saturated rings. The Labute approximate surface area is 184 Å². The van der Waals surface area contributed by atoms with Crippen LogP contribution in [0.15, 0.2) is 84.9 Å². The second-order valence-corrected chi connectivity index (χ2v) is 8.54. The van der Waals surface area contributed by atoms with E-state index < -0.39 is 0 Å². The molecule has 3 atom stereocenters. The highest BCUT2D eigenvalue weighted by Gasteiger charge is 2.40. The molecule has 0 unspecified atom stereocenters. The van der Waals surface area contributed by atoms with Crippen molar-refractivity contribution >= 4 is 11.7 Å². The lowest BCUT2D eigenvalue weighted by Gasteiger charge is -2.48. The van der Waals surface area contributed by atoms with Crippen LogP contribution in [0.25, 0.3) is 0 Å². The van der Waals surface area contributed by atoms with Crippen molar-refractivity contribution in [1.29, 1.82) is 0 Å². The molecule has 158 valence electrons. The Kier molecular flexibility index (Phi) is 5.47. The van der Waals surface area contributed by atoms with Crippen LogP contribution >= 0.6 is 0 Å². The standard InChI is InChI=1S/C27H29N3O/c1-28-27(31)30(21-12-6-3-7-13-21)22-16-17-29-19-25(20-10-4-2-5-11-20)23-14-8-9-15-24(23)26(29)18-22/h2-15,22,25-26H,16-19H2,1H3,(H,28,31)/t22-,25-,26-/m1/s1. The van der Waals surface area contributed by atoms with E-state index in [4.69, 9.17) is 0 Å². The molecule has 31 heavy (non-hydrogen) atoms. The Hall–Kier alpha value is -3.11. The van der Waals surface area contributed by atoms with Gasteiger partial charge in [0.2, 0.25) is 0 Å². The van der Waals surface area contributed by atoms with Gasteiger partial charge < -0.3 is 5.32 Å². The number of amides is 2. The molecule has 0 spiro atoms. The molecule has 2 amide bonds. The molecule has 1 N–H and O–H groups in total. The van der Waals surface area contributed by atoms with Crippen molar-refractivity contribution in [1.82, 2.24) is 10.2 Å². The topological polar surface area (TPSA) is 35.6 Å². The number of carbonyl (C=O) groups is 1. The number of para-hydroxylation sites is 1. The summed E-state index contributed by atoms with van der Waals surface area (Å²) >= 11 is 0. The van der Waals surface area contributed by atoms with Gasteiger partial charge in [-0.2, -0.15) is 0 Å². The van der Waals surface area contributed by atoms with Crippen LogP contribution in [0.4, 0.5) is 10.5 Å². The maximum Gasteiger partial charge on any atom is 0.321 e. The maximum absolute atomic E-state index is 12.9. The van der Waals surface area contributed by atoms with Gasteiger partial charge in [-0.05, 0) is 41.7 Å². The molecule has 0 bridgehead atoms. The first-order chi connectivity index (χ1) is 15.3. The Balaban J connectivity index is 1.48. The lowest BCUT2D eigenvalue weighted by Crippen LogP contribution is -2.53. The molecule has 4 heteroatoms. The third-order valence-electron chi connectivity index (χ3n) is 6.87. The minimum atomic E-state index is -0.0316. The van der Waals surface area contributed by atoms with Crippen LogP contribution in [-0.4, -0.2) is 37.1 Å². The number of rotatable bonds is 3. The Morgan fingerprint density at radius 2 is 1.55 bits per heavy atom. The van der Waals surface area contributed by atoms with Gasteiger partial charge in [-0.15, -0.1) is 0 Å². The van der Waals surface area contributed by atoms with Gasteiger partial charge in [0.25, 0.3) is 0 Å². The van der Waals surface area contributed by atoms with Gasteiger partial charge in [-0.3, -0.25) is 9.80 Å². The highest BCUT2D eigenvalue weighted by Crippen LogP contribution is 2.44. The third kappa shape index (κ3) is 3.72. The quantitative estimate of drug-likeness (QED) is 0.644. The largest absolute Gasteiger partial charge is 0.341 e. The fourth-order valence-corrected chi connectivity index (χ4v) is 5.41. The Bertz CT molecular complexity index is 1040. The molecule has 0 aliphatic carbocycles. The van der Waals surface area contributed by atoms with Crippen LogP contribution in [0.2, 0.25) is 0 Å². The number of anilines is 1. The summed E-state index contributed by atoms with van der Waals surface area (Å²) in [6.45, 7) is 2.02. The molecule has 4 nitrogen and oxygen atoms in total. The van der Waals surface area contributed by atoms with E-state index in [0.717, 1.165) is 31.6 Å². The highest BCUT2D eigenvalue weighted by molar-refractivity contribution is 5.92. The molecule has 5 rings (SSSR count). The average Bonchev–Trinajstić information content (AvgIpc) is 2.85. The van der Waals surface area contributed by atoms with E-state index in [1.54, 1.807) is 7.05 Å². The van der Waals surface area contributed by atoms with Crippen molar-refractivity contribution < 1.29 is 4.79 Å². The molecule has 3 aromatic carbocycles. The summed E-state index contributed by atoms with van der Waals surface area (Å²) in [6, 6.07) is 30.3. The predicted octanol–water partition coefficient (Wildman–Crippen LogP) is 5.18. The summed E-state index contributed by atoms with van der Waals surface area (Å²) in [5.74, 6) is 0.398.